The number of hydrogen-bond donors (Lipinski definition) is 0. The molecule has 0 fully saturated rings. The number of carbonyl (C=O) groups excluding carboxylic acids is 1. The predicted octanol–water partition coefficient (Wildman–Crippen LogP) is 4.49. The molecule has 5 nitrogen and oxygen atoms in total. The predicted molar refractivity (Wildman–Crippen MR) is 113 cm³/mol. The van der Waals surface area contributed by atoms with Crippen molar-refractivity contribution in [3.05, 3.63) is 34.6 Å². The molecule has 0 N–H and O–H groups in total. The first-order chi connectivity index (χ1) is 12.7. The number of thioether (sulfide) groups is 1. The lowest BCUT2D eigenvalue weighted by Gasteiger charge is -2.33. The van der Waals surface area contributed by atoms with E-state index in [4.69, 9.17) is 4.98 Å². The minimum absolute atomic E-state index is 0.0192. The molecule has 0 aliphatic heterocycles. The lowest BCUT2D eigenvalue weighted by Crippen LogP contribution is -2.45. The molecule has 0 aliphatic rings. The van der Waals surface area contributed by atoms with Crippen molar-refractivity contribution >= 4 is 28.6 Å². The number of nitrogens with zero attached hydrogens (tertiary/aromatic N) is 3. The van der Waals surface area contributed by atoms with Gasteiger partial charge in [-0.2, -0.15) is 0 Å². The molecule has 0 spiro atoms. The first kappa shape index (κ1) is 21.5. The lowest BCUT2D eigenvalue weighted by molar-refractivity contribution is -0.133. The van der Waals surface area contributed by atoms with Gasteiger partial charge in [0.15, 0.2) is 5.16 Å². The Labute approximate surface area is 166 Å². The number of carbonyl (C=O) groups is 1. The summed E-state index contributed by atoms with van der Waals surface area (Å²) in [5.74, 6) is 0.0723. The molecule has 1 heterocycles. The fourth-order valence-corrected chi connectivity index (χ4v) is 4.37. The van der Waals surface area contributed by atoms with Crippen LogP contribution in [-0.2, 0) is 4.79 Å². The van der Waals surface area contributed by atoms with Gasteiger partial charge in [-0.25, -0.2) is 4.98 Å². The second-order valence-corrected chi connectivity index (χ2v) is 8.84. The quantitative estimate of drug-likeness (QED) is 0.517. The third kappa shape index (κ3) is 4.54. The number of benzene rings is 1. The number of hydrogen-bond acceptors (Lipinski definition) is 4. The van der Waals surface area contributed by atoms with Crippen LogP contribution in [0.3, 0.4) is 0 Å². The van der Waals surface area contributed by atoms with Crippen LogP contribution in [-0.4, -0.2) is 37.7 Å². The van der Waals surface area contributed by atoms with Crippen molar-refractivity contribution in [2.45, 2.75) is 83.4 Å². The number of fused-ring (bicyclic) bond motifs is 1. The fourth-order valence-electron chi connectivity index (χ4n) is 3.30. The summed E-state index contributed by atoms with van der Waals surface area (Å²) in [6.07, 6.45) is 0.819. The molecule has 2 aromatic rings. The zero-order chi connectivity index (χ0) is 20.3. The van der Waals surface area contributed by atoms with Crippen LogP contribution in [0.1, 0.15) is 60.9 Å². The minimum Gasteiger partial charge on any atom is -0.337 e. The van der Waals surface area contributed by atoms with Crippen LogP contribution in [0.4, 0.5) is 0 Å². The molecule has 6 heteroatoms. The highest BCUT2D eigenvalue weighted by Crippen LogP contribution is 2.27. The minimum atomic E-state index is -0.321. The van der Waals surface area contributed by atoms with Gasteiger partial charge in [-0.15, -0.1) is 0 Å². The molecule has 0 radical (unpaired) electrons. The van der Waals surface area contributed by atoms with Gasteiger partial charge < -0.3 is 4.90 Å². The average molecular weight is 390 g/mol. The standard InChI is InChI=1S/C21H31N3O2S/c1-8-15(6)24-20(26)17-11-9-10-12-18(17)22-21(24)27-16(7)19(25)23(13(2)3)14(4)5/h9-16H,8H2,1-7H3/t15-,16-/m1/s1. The Morgan fingerprint density at radius 2 is 1.70 bits per heavy atom. The van der Waals surface area contributed by atoms with Gasteiger partial charge in [-0.3, -0.25) is 14.2 Å². The van der Waals surface area contributed by atoms with Crippen molar-refractivity contribution in [1.29, 1.82) is 0 Å². The SMILES string of the molecule is CC[C@@H](C)n1c(S[C@H](C)C(=O)N(C(C)C)C(C)C)nc2ccccc2c1=O. The average Bonchev–Trinajstić information content (AvgIpc) is 2.60. The van der Waals surface area contributed by atoms with Crippen LogP contribution < -0.4 is 5.56 Å². The van der Waals surface area contributed by atoms with E-state index >= 15 is 0 Å². The van der Waals surface area contributed by atoms with E-state index in [0.717, 1.165) is 6.42 Å². The smallest absolute Gasteiger partial charge is 0.262 e. The summed E-state index contributed by atoms with van der Waals surface area (Å²) in [7, 11) is 0. The van der Waals surface area contributed by atoms with E-state index < -0.39 is 0 Å². The maximum Gasteiger partial charge on any atom is 0.262 e. The highest BCUT2D eigenvalue weighted by atomic mass is 32.2. The Balaban J connectivity index is 2.48. The van der Waals surface area contributed by atoms with Crippen LogP contribution in [0, 0.1) is 0 Å². The van der Waals surface area contributed by atoms with E-state index in [1.54, 1.807) is 4.57 Å². The van der Waals surface area contributed by atoms with Gasteiger partial charge in [0, 0.05) is 18.1 Å². The first-order valence-electron chi connectivity index (χ1n) is 9.69. The summed E-state index contributed by atoms with van der Waals surface area (Å²) < 4.78 is 1.74. The lowest BCUT2D eigenvalue weighted by atomic mass is 10.2. The van der Waals surface area contributed by atoms with E-state index in [1.807, 2.05) is 70.7 Å². The molecule has 0 aliphatic carbocycles. The maximum atomic E-state index is 13.1. The highest BCUT2D eigenvalue weighted by Gasteiger charge is 2.27. The third-order valence-electron chi connectivity index (χ3n) is 4.80. The molecule has 1 aromatic heterocycles. The van der Waals surface area contributed by atoms with Crippen molar-refractivity contribution in [3.63, 3.8) is 0 Å². The molecule has 0 unspecified atom stereocenters. The van der Waals surface area contributed by atoms with Crippen LogP contribution in [0.5, 0.6) is 0 Å². The summed E-state index contributed by atoms with van der Waals surface area (Å²) >= 11 is 1.37. The van der Waals surface area contributed by atoms with E-state index in [2.05, 4.69) is 6.92 Å². The van der Waals surface area contributed by atoms with Crippen molar-refractivity contribution in [3.8, 4) is 0 Å². The summed E-state index contributed by atoms with van der Waals surface area (Å²) in [6.45, 7) is 14.1. The Morgan fingerprint density at radius 3 is 2.26 bits per heavy atom. The van der Waals surface area contributed by atoms with Crippen LogP contribution in [0.15, 0.2) is 34.2 Å². The molecule has 2 atom stereocenters. The Hall–Kier alpha value is -1.82. The van der Waals surface area contributed by atoms with E-state index in [9.17, 15) is 9.59 Å². The van der Waals surface area contributed by atoms with E-state index in [-0.39, 0.29) is 34.8 Å². The fraction of sp³-hybridized carbons (Fsp3) is 0.571. The third-order valence-corrected chi connectivity index (χ3v) is 5.86. The Kier molecular flexibility index (Phi) is 7.09. The summed E-state index contributed by atoms with van der Waals surface area (Å²) in [4.78, 5) is 32.7. The van der Waals surface area contributed by atoms with Gasteiger partial charge in [0.1, 0.15) is 0 Å². The van der Waals surface area contributed by atoms with Crippen molar-refractivity contribution in [2.75, 3.05) is 0 Å². The zero-order valence-corrected chi connectivity index (χ0v) is 18.2. The van der Waals surface area contributed by atoms with Gasteiger partial charge in [0.05, 0.1) is 16.2 Å². The topological polar surface area (TPSA) is 55.2 Å². The van der Waals surface area contributed by atoms with Crippen molar-refractivity contribution in [1.82, 2.24) is 14.5 Å². The van der Waals surface area contributed by atoms with Crippen LogP contribution in [0.25, 0.3) is 10.9 Å². The molecule has 0 bridgehead atoms. The summed E-state index contributed by atoms with van der Waals surface area (Å²) in [5.41, 5.74) is 0.635. The molecule has 0 saturated carbocycles. The monoisotopic (exact) mass is 389 g/mol. The largest absolute Gasteiger partial charge is 0.337 e. The van der Waals surface area contributed by atoms with E-state index in [0.29, 0.717) is 16.1 Å². The molecule has 0 saturated heterocycles. The highest BCUT2D eigenvalue weighted by molar-refractivity contribution is 8.00. The first-order valence-corrected chi connectivity index (χ1v) is 10.6. The number of rotatable bonds is 7. The van der Waals surface area contributed by atoms with Crippen molar-refractivity contribution in [2.24, 2.45) is 0 Å². The molecular formula is C21H31N3O2S. The van der Waals surface area contributed by atoms with Crippen LogP contribution >= 0.6 is 11.8 Å². The molecule has 27 heavy (non-hydrogen) atoms. The van der Waals surface area contributed by atoms with Crippen LogP contribution in [0.2, 0.25) is 0 Å². The molecule has 2 rings (SSSR count). The zero-order valence-electron chi connectivity index (χ0n) is 17.4. The van der Waals surface area contributed by atoms with Gasteiger partial charge in [-0.05, 0) is 60.1 Å². The van der Waals surface area contributed by atoms with Gasteiger partial charge in [0.2, 0.25) is 5.91 Å². The number of para-hydroxylation sites is 1. The Morgan fingerprint density at radius 1 is 1.11 bits per heavy atom. The number of aromatic nitrogens is 2. The van der Waals surface area contributed by atoms with E-state index in [1.165, 1.54) is 11.8 Å². The van der Waals surface area contributed by atoms with Gasteiger partial charge >= 0.3 is 0 Å². The second-order valence-electron chi connectivity index (χ2n) is 7.54. The summed E-state index contributed by atoms with van der Waals surface area (Å²) in [6, 6.07) is 7.67. The van der Waals surface area contributed by atoms with Crippen molar-refractivity contribution < 1.29 is 4.79 Å². The maximum absolute atomic E-state index is 13.1. The molecule has 1 amide bonds. The molecule has 148 valence electrons. The Bertz CT molecular complexity index is 852. The number of amides is 1. The molecular weight excluding hydrogens is 358 g/mol. The summed E-state index contributed by atoms with van der Waals surface area (Å²) in [5, 5.41) is 0.909. The van der Waals surface area contributed by atoms with Gasteiger partial charge in [-0.1, -0.05) is 30.8 Å². The molecule has 1 aromatic carbocycles. The normalized spacial score (nSPS) is 14.0. The second kappa shape index (κ2) is 8.91. The van der Waals surface area contributed by atoms with Gasteiger partial charge in [0.25, 0.3) is 5.56 Å².